The molecule has 0 nitrogen and oxygen atoms in total. The number of rotatable bonds is 0. The molecule has 24 heavy (non-hydrogen) atoms. The smallest absolute Gasteiger partial charge is 0.0567 e. The van der Waals surface area contributed by atoms with E-state index in [2.05, 4.69) is 106 Å². The van der Waals surface area contributed by atoms with Gasteiger partial charge >= 0.3 is 0 Å². The first-order valence-electron chi connectivity index (χ1n) is 8.16. The second-order valence-electron chi connectivity index (χ2n) is 6.43. The first kappa shape index (κ1) is 16.1. The van der Waals surface area contributed by atoms with E-state index in [1.165, 1.54) is 44.5 Å². The van der Waals surface area contributed by atoms with Gasteiger partial charge in [0.15, 0.2) is 0 Å². The third-order valence-electron chi connectivity index (χ3n) is 4.93. The van der Waals surface area contributed by atoms with Gasteiger partial charge in [0.05, 0.1) is 9.65 Å². The van der Waals surface area contributed by atoms with Crippen molar-refractivity contribution in [1.82, 2.24) is 0 Å². The highest BCUT2D eigenvalue weighted by Gasteiger charge is 2.29. The number of hydrogen-bond acceptors (Lipinski definition) is 0. The Labute approximate surface area is 160 Å². The highest BCUT2D eigenvalue weighted by Crippen LogP contribution is 2.52. The summed E-state index contributed by atoms with van der Waals surface area (Å²) in [6, 6.07) is 22.0. The lowest BCUT2D eigenvalue weighted by Crippen LogP contribution is -2.08. The molecule has 0 bridgehead atoms. The van der Waals surface area contributed by atoms with Crippen molar-refractivity contribution in [3.63, 3.8) is 0 Å². The molecule has 0 N–H and O–H groups in total. The van der Waals surface area contributed by atoms with Gasteiger partial charge < -0.3 is 0 Å². The number of aryl methyl sites for hydroxylation is 2. The minimum Gasteiger partial charge on any atom is -0.0823 e. The molecule has 4 rings (SSSR count). The molecule has 0 amide bonds. The molecule has 1 aliphatic rings. The van der Waals surface area contributed by atoms with Crippen LogP contribution in [0.1, 0.15) is 31.9 Å². The fourth-order valence-corrected chi connectivity index (χ4v) is 5.12. The van der Waals surface area contributed by atoms with E-state index in [0.717, 1.165) is 0 Å². The largest absolute Gasteiger partial charge is 0.0823 e. The van der Waals surface area contributed by atoms with Crippen LogP contribution in [0, 0.1) is 13.8 Å². The summed E-state index contributed by atoms with van der Waals surface area (Å²) in [6.45, 7) is 4.43. The van der Waals surface area contributed by atoms with Crippen molar-refractivity contribution in [2.75, 3.05) is 0 Å². The normalized spacial score (nSPS) is 18.8. The molecule has 0 heterocycles. The molecule has 2 heteroatoms. The molecule has 0 aromatic heterocycles. The van der Waals surface area contributed by atoms with E-state index in [4.69, 9.17) is 0 Å². The Hall–Kier alpha value is -1.38. The summed E-state index contributed by atoms with van der Waals surface area (Å²) >= 11 is 7.91. The molecule has 1 aliphatic carbocycles. The zero-order chi connectivity index (χ0) is 16.8. The summed E-state index contributed by atoms with van der Waals surface area (Å²) in [4.78, 5) is 0.450. The summed E-state index contributed by atoms with van der Waals surface area (Å²) in [6.07, 6.45) is 0. The van der Waals surface area contributed by atoms with Crippen LogP contribution >= 0.6 is 31.9 Å². The summed E-state index contributed by atoms with van der Waals surface area (Å²) in [5.74, 6) is 0. The zero-order valence-corrected chi connectivity index (χ0v) is 16.9. The van der Waals surface area contributed by atoms with E-state index in [1.54, 1.807) is 0 Å². The van der Waals surface area contributed by atoms with Crippen molar-refractivity contribution in [3.05, 3.63) is 82.9 Å². The predicted octanol–water partition coefficient (Wildman–Crippen LogP) is 7.52. The Morgan fingerprint density at radius 2 is 0.958 bits per heavy atom. The van der Waals surface area contributed by atoms with Crippen LogP contribution in [-0.2, 0) is 0 Å². The van der Waals surface area contributed by atoms with Crippen molar-refractivity contribution in [2.24, 2.45) is 0 Å². The van der Waals surface area contributed by atoms with Crippen molar-refractivity contribution >= 4 is 31.9 Å². The Bertz CT molecular complexity index is 851. The number of fused-ring (bicyclic) bond motifs is 5. The van der Waals surface area contributed by atoms with Gasteiger partial charge in [-0.1, -0.05) is 92.5 Å². The molecule has 2 atom stereocenters. The zero-order valence-electron chi connectivity index (χ0n) is 13.7. The number of halogens is 2. The summed E-state index contributed by atoms with van der Waals surface area (Å²) in [5.41, 5.74) is 10.7. The molecular weight excluding hydrogens is 424 g/mol. The lowest BCUT2D eigenvalue weighted by molar-refractivity contribution is 0.937. The van der Waals surface area contributed by atoms with Gasteiger partial charge in [0, 0.05) is 0 Å². The Morgan fingerprint density at radius 3 is 1.38 bits per heavy atom. The van der Waals surface area contributed by atoms with Crippen molar-refractivity contribution < 1.29 is 0 Å². The second-order valence-corrected chi connectivity index (χ2v) is 8.40. The molecular formula is C22H18Br2. The first-order valence-corrected chi connectivity index (χ1v) is 9.99. The summed E-state index contributed by atoms with van der Waals surface area (Å²) in [7, 11) is 0. The molecule has 120 valence electrons. The number of hydrogen-bond donors (Lipinski definition) is 0. The SMILES string of the molecule is Cc1ccc(C)c2c1-c1ccccc1[C@@H](Br)[C@@H](Br)c1ccccc1-2. The fourth-order valence-electron chi connectivity index (χ4n) is 3.75. The van der Waals surface area contributed by atoms with Gasteiger partial charge in [-0.2, -0.15) is 0 Å². The Balaban J connectivity index is 2.21. The van der Waals surface area contributed by atoms with Crippen LogP contribution in [0.4, 0.5) is 0 Å². The lowest BCUT2D eigenvalue weighted by atomic mass is 9.80. The minimum absolute atomic E-state index is 0.225. The van der Waals surface area contributed by atoms with Gasteiger partial charge in [0.2, 0.25) is 0 Å². The van der Waals surface area contributed by atoms with Crippen LogP contribution < -0.4 is 0 Å². The maximum absolute atomic E-state index is 3.96. The average molecular weight is 442 g/mol. The monoisotopic (exact) mass is 440 g/mol. The molecule has 3 aromatic carbocycles. The van der Waals surface area contributed by atoms with Crippen LogP contribution in [0.3, 0.4) is 0 Å². The van der Waals surface area contributed by atoms with Crippen LogP contribution in [0.5, 0.6) is 0 Å². The molecule has 0 aliphatic heterocycles. The van der Waals surface area contributed by atoms with E-state index >= 15 is 0 Å². The molecule has 0 fully saturated rings. The second kappa shape index (κ2) is 6.16. The van der Waals surface area contributed by atoms with Crippen LogP contribution in [-0.4, -0.2) is 0 Å². The van der Waals surface area contributed by atoms with E-state index in [1.807, 2.05) is 0 Å². The first-order chi connectivity index (χ1) is 11.6. The van der Waals surface area contributed by atoms with E-state index in [0.29, 0.717) is 0 Å². The third-order valence-corrected chi connectivity index (χ3v) is 7.69. The molecule has 3 aromatic rings. The number of alkyl halides is 2. The summed E-state index contributed by atoms with van der Waals surface area (Å²) in [5, 5.41) is 0. The van der Waals surface area contributed by atoms with Crippen LogP contribution in [0.15, 0.2) is 60.7 Å². The van der Waals surface area contributed by atoms with Gasteiger partial charge in [0.1, 0.15) is 0 Å². The average Bonchev–Trinajstić information content (AvgIpc) is 2.61. The van der Waals surface area contributed by atoms with Gasteiger partial charge in [-0.15, -0.1) is 0 Å². The minimum atomic E-state index is 0.225. The molecule has 0 saturated carbocycles. The molecule has 0 saturated heterocycles. The third kappa shape index (κ3) is 2.39. The highest BCUT2D eigenvalue weighted by molar-refractivity contribution is 9.12. The van der Waals surface area contributed by atoms with E-state index < -0.39 is 0 Å². The maximum Gasteiger partial charge on any atom is 0.0567 e. The lowest BCUT2D eigenvalue weighted by Gasteiger charge is -2.29. The maximum atomic E-state index is 3.96. The van der Waals surface area contributed by atoms with Gasteiger partial charge in [-0.25, -0.2) is 0 Å². The van der Waals surface area contributed by atoms with E-state index in [9.17, 15) is 0 Å². The van der Waals surface area contributed by atoms with Gasteiger partial charge in [0.25, 0.3) is 0 Å². The Kier molecular flexibility index (Phi) is 4.14. The quantitative estimate of drug-likeness (QED) is 0.316. The van der Waals surface area contributed by atoms with Gasteiger partial charge in [-0.05, 0) is 58.4 Å². The van der Waals surface area contributed by atoms with Gasteiger partial charge in [-0.3, -0.25) is 0 Å². The predicted molar refractivity (Wildman–Crippen MR) is 110 cm³/mol. The number of benzene rings is 3. The van der Waals surface area contributed by atoms with Crippen molar-refractivity contribution in [1.29, 1.82) is 0 Å². The van der Waals surface area contributed by atoms with Crippen molar-refractivity contribution in [3.8, 4) is 22.3 Å². The van der Waals surface area contributed by atoms with Crippen LogP contribution in [0.25, 0.3) is 22.3 Å². The highest BCUT2D eigenvalue weighted by atomic mass is 79.9. The molecule has 0 radical (unpaired) electrons. The fraction of sp³-hybridized carbons (Fsp3) is 0.182. The molecule has 0 unspecified atom stereocenters. The topological polar surface area (TPSA) is 0 Å². The van der Waals surface area contributed by atoms with Crippen LogP contribution in [0.2, 0.25) is 0 Å². The standard InChI is InChI=1S/C22H18Br2/c1-13-11-12-14(2)20-16-8-4-6-10-18(16)22(24)21(23)17-9-5-3-7-15(17)19(13)20/h3-12,21-22H,1-2H3/t21-,22+. The Morgan fingerprint density at radius 1 is 0.583 bits per heavy atom. The summed E-state index contributed by atoms with van der Waals surface area (Å²) < 4.78 is 0. The van der Waals surface area contributed by atoms with Crippen molar-refractivity contribution in [2.45, 2.75) is 23.5 Å². The van der Waals surface area contributed by atoms with E-state index in [-0.39, 0.29) is 9.65 Å². The molecule has 0 spiro atoms.